The summed E-state index contributed by atoms with van der Waals surface area (Å²) in [6.07, 6.45) is 5.58. The fraction of sp³-hybridized carbons (Fsp3) is 0.318. The number of carbonyl (C=O) groups is 1. The van der Waals surface area contributed by atoms with Gasteiger partial charge in [0.25, 0.3) is 5.56 Å². The quantitative estimate of drug-likeness (QED) is 0.170. The molecule has 172 valence electrons. The van der Waals surface area contributed by atoms with Gasteiger partial charge in [-0.05, 0) is 50.3 Å². The van der Waals surface area contributed by atoms with Gasteiger partial charge in [0, 0.05) is 23.2 Å². The lowest BCUT2D eigenvalue weighted by molar-refractivity contribution is -0.387. The van der Waals surface area contributed by atoms with Gasteiger partial charge >= 0.3 is 5.69 Å². The predicted octanol–water partition coefficient (Wildman–Crippen LogP) is 4.69. The lowest BCUT2D eigenvalue weighted by Crippen LogP contribution is -2.27. The van der Waals surface area contributed by atoms with Crippen molar-refractivity contribution in [3.63, 3.8) is 0 Å². The fourth-order valence-corrected chi connectivity index (χ4v) is 6.01. The Hall–Kier alpha value is -3.05. The number of hydrogen-bond donors (Lipinski definition) is 1. The predicted molar refractivity (Wildman–Crippen MR) is 128 cm³/mol. The van der Waals surface area contributed by atoms with Crippen LogP contribution in [-0.4, -0.2) is 25.6 Å². The molecule has 0 saturated carbocycles. The first-order chi connectivity index (χ1) is 15.8. The number of carbonyl (C=O) groups excluding carboxylic acids is 1. The third kappa shape index (κ3) is 4.55. The number of thiophene rings is 1. The van der Waals surface area contributed by atoms with Gasteiger partial charge in [-0.1, -0.05) is 17.8 Å². The molecule has 2 aromatic heterocycles. The van der Waals surface area contributed by atoms with Crippen LogP contribution in [0.3, 0.4) is 0 Å². The second-order valence-electron chi connectivity index (χ2n) is 7.66. The average Bonchev–Trinajstić information content (AvgIpc) is 3.15. The number of nitrogens with one attached hydrogen (secondary N) is 1. The summed E-state index contributed by atoms with van der Waals surface area (Å²) in [6.45, 7) is 5.64. The van der Waals surface area contributed by atoms with Crippen molar-refractivity contribution in [2.24, 2.45) is 0 Å². The highest BCUT2D eigenvalue weighted by Crippen LogP contribution is 2.35. The number of benzene rings is 1. The minimum Gasteiger partial charge on any atom is -0.325 e. The van der Waals surface area contributed by atoms with E-state index in [9.17, 15) is 24.1 Å². The van der Waals surface area contributed by atoms with Crippen LogP contribution in [0.1, 0.15) is 30.2 Å². The summed E-state index contributed by atoms with van der Waals surface area (Å²) in [5.74, 6) is -1.43. The topological polar surface area (TPSA) is 107 Å². The number of allylic oxidation sites excluding steroid dienone is 1. The molecule has 1 N–H and O–H groups in total. The van der Waals surface area contributed by atoms with Crippen LogP contribution in [0.25, 0.3) is 10.2 Å². The average molecular weight is 489 g/mol. The molecule has 3 aromatic rings. The number of nitrogens with zero attached hydrogens (tertiary/aromatic N) is 3. The van der Waals surface area contributed by atoms with Crippen LogP contribution < -0.4 is 10.9 Å². The van der Waals surface area contributed by atoms with E-state index < -0.39 is 27.6 Å². The van der Waals surface area contributed by atoms with Crippen molar-refractivity contribution in [3.05, 3.63) is 67.6 Å². The fourth-order valence-electron chi connectivity index (χ4n) is 3.79. The van der Waals surface area contributed by atoms with Crippen molar-refractivity contribution in [2.75, 3.05) is 5.32 Å². The molecule has 0 fully saturated rings. The standard InChI is InChI=1S/C22H21FN4O4S2/c1-3-10-26-21(29)18-14-6-4-5-7-17(14)33-20(18)25-22(26)32-12(2)19(28)24-13-8-9-15(23)16(11-13)27(30)31/h3,8-9,11-12H,1,4-7,10H2,2H3,(H,24,28). The molecule has 1 unspecified atom stereocenters. The Morgan fingerprint density at radius 2 is 2.21 bits per heavy atom. The summed E-state index contributed by atoms with van der Waals surface area (Å²) in [7, 11) is 0. The smallest absolute Gasteiger partial charge is 0.306 e. The van der Waals surface area contributed by atoms with Gasteiger partial charge in [0.15, 0.2) is 5.16 Å². The Balaban J connectivity index is 1.62. The number of rotatable bonds is 7. The Kier molecular flexibility index (Phi) is 6.61. The third-order valence-corrected chi connectivity index (χ3v) is 7.69. The zero-order valence-electron chi connectivity index (χ0n) is 17.8. The number of halogens is 1. The SMILES string of the molecule is C=CCn1c(SC(C)C(=O)Nc2ccc(F)c([N+](=O)[O-])c2)nc2sc3c(c2c1=O)CCCC3. The second-order valence-corrected chi connectivity index (χ2v) is 10.1. The van der Waals surface area contributed by atoms with E-state index in [2.05, 4.69) is 11.9 Å². The highest BCUT2D eigenvalue weighted by atomic mass is 32.2. The second kappa shape index (κ2) is 9.44. The van der Waals surface area contributed by atoms with Gasteiger partial charge in [-0.25, -0.2) is 4.98 Å². The molecule has 11 heteroatoms. The van der Waals surface area contributed by atoms with Gasteiger partial charge in [0.1, 0.15) is 4.83 Å². The molecule has 0 bridgehead atoms. The molecule has 33 heavy (non-hydrogen) atoms. The van der Waals surface area contributed by atoms with Crippen molar-refractivity contribution in [1.29, 1.82) is 0 Å². The molecular formula is C22H21FN4O4S2. The molecule has 0 saturated heterocycles. The summed E-state index contributed by atoms with van der Waals surface area (Å²) >= 11 is 2.65. The van der Waals surface area contributed by atoms with E-state index in [1.54, 1.807) is 13.0 Å². The van der Waals surface area contributed by atoms with Crippen LogP contribution in [0, 0.1) is 15.9 Å². The van der Waals surface area contributed by atoms with Gasteiger partial charge < -0.3 is 5.32 Å². The van der Waals surface area contributed by atoms with Crippen LogP contribution in [0.5, 0.6) is 0 Å². The zero-order valence-corrected chi connectivity index (χ0v) is 19.4. The van der Waals surface area contributed by atoms with E-state index in [1.165, 1.54) is 26.8 Å². The molecule has 0 spiro atoms. The molecule has 4 rings (SSSR count). The third-order valence-electron chi connectivity index (χ3n) is 5.41. The van der Waals surface area contributed by atoms with Gasteiger partial charge in [-0.2, -0.15) is 4.39 Å². The number of amides is 1. The van der Waals surface area contributed by atoms with E-state index in [0.29, 0.717) is 15.4 Å². The number of nitro benzene ring substituents is 1. The van der Waals surface area contributed by atoms with Crippen LogP contribution in [-0.2, 0) is 24.2 Å². The Morgan fingerprint density at radius 3 is 2.94 bits per heavy atom. The van der Waals surface area contributed by atoms with Crippen LogP contribution in [0.15, 0.2) is 40.8 Å². The highest BCUT2D eigenvalue weighted by molar-refractivity contribution is 8.00. The summed E-state index contributed by atoms with van der Waals surface area (Å²) in [5.41, 5.74) is 0.348. The molecule has 1 amide bonds. The Bertz CT molecular complexity index is 1330. The molecule has 2 heterocycles. The Morgan fingerprint density at radius 1 is 1.45 bits per heavy atom. The number of nitro groups is 1. The minimum atomic E-state index is -0.981. The monoisotopic (exact) mass is 488 g/mol. The van der Waals surface area contributed by atoms with Crippen molar-refractivity contribution >= 4 is 50.6 Å². The minimum absolute atomic E-state index is 0.110. The normalized spacial score (nSPS) is 14.0. The maximum absolute atomic E-state index is 13.6. The van der Waals surface area contributed by atoms with Crippen LogP contribution in [0.2, 0.25) is 0 Å². The lowest BCUT2D eigenvalue weighted by Gasteiger charge is -2.15. The Labute approximate surface area is 196 Å². The van der Waals surface area contributed by atoms with E-state index in [1.807, 2.05) is 0 Å². The number of fused-ring (bicyclic) bond motifs is 3. The van der Waals surface area contributed by atoms with Gasteiger partial charge in [0.2, 0.25) is 11.7 Å². The molecule has 8 nitrogen and oxygen atoms in total. The molecule has 0 radical (unpaired) electrons. The molecule has 1 aliphatic rings. The number of thioether (sulfide) groups is 1. The molecule has 1 aliphatic carbocycles. The van der Waals surface area contributed by atoms with E-state index in [4.69, 9.17) is 4.98 Å². The van der Waals surface area contributed by atoms with E-state index in [-0.39, 0.29) is 17.8 Å². The number of anilines is 1. The molecule has 1 aromatic carbocycles. The lowest BCUT2D eigenvalue weighted by atomic mass is 9.97. The van der Waals surface area contributed by atoms with Crippen molar-refractivity contribution in [3.8, 4) is 0 Å². The van der Waals surface area contributed by atoms with Gasteiger partial charge in [0.05, 0.1) is 15.6 Å². The highest BCUT2D eigenvalue weighted by Gasteiger charge is 2.24. The largest absolute Gasteiger partial charge is 0.325 e. The molecular weight excluding hydrogens is 467 g/mol. The summed E-state index contributed by atoms with van der Waals surface area (Å²) in [4.78, 5) is 42.7. The maximum Gasteiger partial charge on any atom is 0.306 e. The van der Waals surface area contributed by atoms with Crippen LogP contribution >= 0.6 is 23.1 Å². The first-order valence-corrected chi connectivity index (χ1v) is 12.1. The number of aryl methyl sites for hydroxylation is 2. The van der Waals surface area contributed by atoms with Gasteiger partial charge in [-0.15, -0.1) is 17.9 Å². The number of hydrogen-bond acceptors (Lipinski definition) is 7. The first-order valence-electron chi connectivity index (χ1n) is 10.4. The van der Waals surface area contributed by atoms with E-state index in [0.717, 1.165) is 55.1 Å². The van der Waals surface area contributed by atoms with Crippen LogP contribution in [0.4, 0.5) is 15.8 Å². The summed E-state index contributed by atoms with van der Waals surface area (Å²) in [6, 6.07) is 3.16. The first kappa shape index (κ1) is 23.1. The van der Waals surface area contributed by atoms with Crippen molar-refractivity contribution in [1.82, 2.24) is 9.55 Å². The summed E-state index contributed by atoms with van der Waals surface area (Å²) in [5, 5.41) is 13.9. The van der Waals surface area contributed by atoms with Crippen molar-refractivity contribution < 1.29 is 14.1 Å². The molecule has 0 aliphatic heterocycles. The number of aromatic nitrogens is 2. The maximum atomic E-state index is 13.6. The summed E-state index contributed by atoms with van der Waals surface area (Å²) < 4.78 is 15.1. The van der Waals surface area contributed by atoms with Gasteiger partial charge in [-0.3, -0.25) is 24.3 Å². The zero-order chi connectivity index (χ0) is 23.7. The van der Waals surface area contributed by atoms with Crippen molar-refractivity contribution in [2.45, 2.75) is 49.6 Å². The van der Waals surface area contributed by atoms with E-state index >= 15 is 0 Å². The molecule has 1 atom stereocenters.